The summed E-state index contributed by atoms with van der Waals surface area (Å²) in [6, 6.07) is 0. The first-order valence-corrected chi connectivity index (χ1v) is 34.5. The lowest BCUT2D eigenvalue weighted by Gasteiger charge is -2.26. The van der Waals surface area contributed by atoms with Gasteiger partial charge in [0.25, 0.3) is 0 Å². The minimum atomic E-state index is -1.62. The number of carboxylic acid groups (broad SMARTS) is 1. The number of nitrogens with zero attached hydrogens (tertiary/aromatic N) is 1. The van der Waals surface area contributed by atoms with Crippen molar-refractivity contribution in [1.82, 2.24) is 0 Å². The predicted molar refractivity (Wildman–Crippen MR) is 334 cm³/mol. The Morgan fingerprint density at radius 1 is 0.380 bits per heavy atom. The first kappa shape index (κ1) is 76.8. The summed E-state index contributed by atoms with van der Waals surface area (Å²) in [6.07, 6.45) is 72.8. The fourth-order valence-electron chi connectivity index (χ4n) is 10.4. The number of likely N-dealkylation sites (N-methyl/N-ethyl adjacent to an activating group) is 1. The molecule has 9 nitrogen and oxygen atoms in total. The van der Waals surface area contributed by atoms with E-state index in [4.69, 9.17) is 18.9 Å². The van der Waals surface area contributed by atoms with Crippen LogP contribution in [-0.4, -0.2) is 82.3 Å². The van der Waals surface area contributed by atoms with Gasteiger partial charge in [-0.3, -0.25) is 9.59 Å². The SMILES string of the molecule is CCCCC/C=C\C/C=C\CCCCCCCCCC(=O)OC(COC(=O)CCCCCCCCCCCCCCCCCCCCCCCCCCCCCCCCCCCCCCC)COC(OCC[N+](C)(C)C)C(=O)[O-]. The summed E-state index contributed by atoms with van der Waals surface area (Å²) in [7, 11) is 5.93. The van der Waals surface area contributed by atoms with Crippen molar-refractivity contribution >= 4 is 17.9 Å². The number of carboxylic acids is 1. The highest BCUT2D eigenvalue weighted by Gasteiger charge is 2.22. The summed E-state index contributed by atoms with van der Waals surface area (Å²) in [5, 5.41) is 11.8. The molecule has 0 N–H and O–H groups in total. The molecule has 0 aromatic heterocycles. The Labute approximate surface area is 490 Å². The van der Waals surface area contributed by atoms with Crippen LogP contribution >= 0.6 is 0 Å². The van der Waals surface area contributed by atoms with Crippen molar-refractivity contribution in [2.75, 3.05) is 47.5 Å². The third-order valence-electron chi connectivity index (χ3n) is 15.7. The van der Waals surface area contributed by atoms with Gasteiger partial charge in [-0.05, 0) is 44.9 Å². The second-order valence-corrected chi connectivity index (χ2v) is 24.8. The standard InChI is InChI=1S/C70H133NO8/c1-6-8-10-12-14-16-18-20-22-24-25-26-27-28-29-30-31-32-33-34-35-36-37-38-39-40-41-42-43-45-46-48-50-52-54-56-58-60-67(72)77-64-66(65-78-70(69(74)75)76-63-62-71(3,4)5)79-68(73)61-59-57-55-53-51-49-47-44-23-21-19-17-15-13-11-9-7-2/h15,17,21,23,66,70H,6-14,16,18-20,22,24-65H2,1-5H3/b17-15-,23-21-. The smallest absolute Gasteiger partial charge is 0.306 e. The van der Waals surface area contributed by atoms with E-state index in [0.717, 1.165) is 51.4 Å². The highest BCUT2D eigenvalue weighted by Crippen LogP contribution is 2.19. The first-order valence-electron chi connectivity index (χ1n) is 34.5. The van der Waals surface area contributed by atoms with E-state index < -0.39 is 24.3 Å². The summed E-state index contributed by atoms with van der Waals surface area (Å²) in [6.45, 7) is 4.77. The van der Waals surface area contributed by atoms with Crippen LogP contribution < -0.4 is 5.11 Å². The molecule has 0 aromatic rings. The van der Waals surface area contributed by atoms with Crippen LogP contribution in [0.3, 0.4) is 0 Å². The number of ether oxygens (including phenoxy) is 4. The van der Waals surface area contributed by atoms with E-state index in [2.05, 4.69) is 38.2 Å². The van der Waals surface area contributed by atoms with E-state index in [0.29, 0.717) is 23.9 Å². The molecule has 9 heteroatoms. The molecule has 0 saturated carbocycles. The second-order valence-electron chi connectivity index (χ2n) is 24.8. The third-order valence-corrected chi connectivity index (χ3v) is 15.7. The van der Waals surface area contributed by atoms with Gasteiger partial charge in [-0.1, -0.05) is 314 Å². The van der Waals surface area contributed by atoms with Gasteiger partial charge in [0.05, 0.1) is 40.3 Å². The Bertz CT molecular complexity index is 1340. The molecule has 0 spiro atoms. The summed E-state index contributed by atoms with van der Waals surface area (Å²) in [4.78, 5) is 37.4. The number of rotatable bonds is 65. The van der Waals surface area contributed by atoms with Crippen molar-refractivity contribution in [1.29, 1.82) is 0 Å². The Kier molecular flexibility index (Phi) is 60.1. The van der Waals surface area contributed by atoms with Gasteiger partial charge in [0.2, 0.25) is 0 Å². The molecule has 0 saturated heterocycles. The number of unbranched alkanes of at least 4 members (excludes halogenated alkanes) is 46. The molecule has 79 heavy (non-hydrogen) atoms. The van der Waals surface area contributed by atoms with Crippen LogP contribution in [0.1, 0.15) is 348 Å². The number of carbonyl (C=O) groups excluding carboxylic acids is 3. The van der Waals surface area contributed by atoms with Gasteiger partial charge in [0.1, 0.15) is 13.2 Å². The van der Waals surface area contributed by atoms with Crippen molar-refractivity contribution < 1.29 is 42.9 Å². The van der Waals surface area contributed by atoms with Crippen molar-refractivity contribution in [2.45, 2.75) is 360 Å². The van der Waals surface area contributed by atoms with Crippen LogP contribution in [0.2, 0.25) is 0 Å². The molecule has 2 unspecified atom stereocenters. The molecule has 466 valence electrons. The van der Waals surface area contributed by atoms with E-state index in [9.17, 15) is 19.5 Å². The summed E-state index contributed by atoms with van der Waals surface area (Å²) >= 11 is 0. The Morgan fingerprint density at radius 3 is 1.03 bits per heavy atom. The molecule has 0 aliphatic carbocycles. The zero-order valence-electron chi connectivity index (χ0n) is 53.3. The van der Waals surface area contributed by atoms with E-state index in [-0.39, 0.29) is 32.2 Å². The van der Waals surface area contributed by atoms with Gasteiger partial charge < -0.3 is 33.3 Å². The highest BCUT2D eigenvalue weighted by atomic mass is 16.7. The number of esters is 2. The summed E-state index contributed by atoms with van der Waals surface area (Å²) in [5.41, 5.74) is 0. The molecular weight excluding hydrogens is 983 g/mol. The summed E-state index contributed by atoms with van der Waals surface area (Å²) < 4.78 is 22.8. The normalized spacial score (nSPS) is 12.8. The zero-order valence-corrected chi connectivity index (χ0v) is 53.3. The van der Waals surface area contributed by atoms with Gasteiger partial charge in [0.15, 0.2) is 12.4 Å². The average molecular weight is 1120 g/mol. The topological polar surface area (TPSA) is 111 Å². The second kappa shape index (κ2) is 61.8. The Balaban J connectivity index is 3.94. The van der Waals surface area contributed by atoms with Crippen LogP contribution in [0.5, 0.6) is 0 Å². The number of allylic oxidation sites excluding steroid dienone is 4. The minimum Gasteiger partial charge on any atom is -0.545 e. The first-order chi connectivity index (χ1) is 38.6. The van der Waals surface area contributed by atoms with Gasteiger partial charge >= 0.3 is 11.9 Å². The van der Waals surface area contributed by atoms with Crippen LogP contribution in [0.4, 0.5) is 0 Å². The lowest BCUT2D eigenvalue weighted by Crippen LogP contribution is -2.44. The van der Waals surface area contributed by atoms with Crippen molar-refractivity contribution in [3.05, 3.63) is 24.3 Å². The summed E-state index contributed by atoms with van der Waals surface area (Å²) in [5.74, 6) is -2.27. The number of carbonyl (C=O) groups is 3. The van der Waals surface area contributed by atoms with Crippen LogP contribution in [-0.2, 0) is 33.3 Å². The lowest BCUT2D eigenvalue weighted by atomic mass is 10.0. The zero-order chi connectivity index (χ0) is 57.6. The maximum atomic E-state index is 12.9. The van der Waals surface area contributed by atoms with Gasteiger partial charge in [-0.15, -0.1) is 0 Å². The predicted octanol–water partition coefficient (Wildman–Crippen LogP) is 19.7. The minimum absolute atomic E-state index is 0.148. The van der Waals surface area contributed by atoms with Crippen molar-refractivity contribution in [3.63, 3.8) is 0 Å². The molecule has 0 aliphatic heterocycles. The third kappa shape index (κ3) is 63.2. The molecule has 0 rings (SSSR count). The van der Waals surface area contributed by atoms with E-state index in [1.807, 2.05) is 21.1 Å². The fourth-order valence-corrected chi connectivity index (χ4v) is 10.4. The van der Waals surface area contributed by atoms with E-state index in [1.165, 1.54) is 263 Å². The molecule has 0 aromatic carbocycles. The highest BCUT2D eigenvalue weighted by molar-refractivity contribution is 5.70. The molecule has 0 fully saturated rings. The van der Waals surface area contributed by atoms with Gasteiger partial charge in [0, 0.05) is 12.8 Å². The monoisotopic (exact) mass is 1120 g/mol. The van der Waals surface area contributed by atoms with Crippen molar-refractivity contribution in [2.24, 2.45) is 0 Å². The van der Waals surface area contributed by atoms with Crippen molar-refractivity contribution in [3.8, 4) is 0 Å². The Hall–Kier alpha value is -2.23. The van der Waals surface area contributed by atoms with E-state index in [1.54, 1.807) is 0 Å². The largest absolute Gasteiger partial charge is 0.545 e. The number of aliphatic carboxylic acids is 1. The van der Waals surface area contributed by atoms with Gasteiger partial charge in [-0.2, -0.15) is 0 Å². The number of hydrogen-bond donors (Lipinski definition) is 0. The average Bonchev–Trinajstić information content (AvgIpc) is 3.42. The molecule has 0 aliphatic rings. The molecular formula is C70H133NO8. The number of hydrogen-bond acceptors (Lipinski definition) is 8. The molecule has 0 amide bonds. The van der Waals surface area contributed by atoms with Gasteiger partial charge in [-0.25, -0.2) is 0 Å². The maximum absolute atomic E-state index is 12.9. The van der Waals surface area contributed by atoms with E-state index >= 15 is 0 Å². The lowest BCUT2D eigenvalue weighted by molar-refractivity contribution is -0.870. The Morgan fingerprint density at radius 2 is 0.684 bits per heavy atom. The van der Waals surface area contributed by atoms with Crippen LogP contribution in [0, 0.1) is 0 Å². The maximum Gasteiger partial charge on any atom is 0.306 e. The molecule has 0 bridgehead atoms. The molecule has 0 radical (unpaired) electrons. The van der Waals surface area contributed by atoms with Crippen LogP contribution in [0.15, 0.2) is 24.3 Å². The fraction of sp³-hybridized carbons (Fsp3) is 0.900. The quantitative estimate of drug-likeness (QED) is 0.0195. The molecule has 2 atom stereocenters. The number of quaternary nitrogens is 1. The molecule has 0 heterocycles. The van der Waals surface area contributed by atoms with Crippen LogP contribution in [0.25, 0.3) is 0 Å².